The van der Waals surface area contributed by atoms with Gasteiger partial charge < -0.3 is 24.6 Å². The number of aliphatic hydroxyl groups excluding tert-OH is 1. The fourth-order valence-electron chi connectivity index (χ4n) is 3.63. The first-order valence-electron chi connectivity index (χ1n) is 13.7. The molecule has 2 N–H and O–H groups in total. The highest BCUT2D eigenvalue weighted by Crippen LogP contribution is 2.14. The van der Waals surface area contributed by atoms with Crippen LogP contribution in [0.15, 0.2) is 36.4 Å². The van der Waals surface area contributed by atoms with E-state index < -0.39 is 30.1 Å². The largest absolute Gasteiger partial charge is 0.464 e. The molecule has 0 aliphatic rings. The Labute approximate surface area is 221 Å². The van der Waals surface area contributed by atoms with Crippen LogP contribution < -0.4 is 5.32 Å². The van der Waals surface area contributed by atoms with Crippen LogP contribution >= 0.6 is 0 Å². The number of benzene rings is 1. The first-order valence-corrected chi connectivity index (χ1v) is 13.7. The minimum atomic E-state index is -1.98. The summed E-state index contributed by atoms with van der Waals surface area (Å²) < 4.78 is 14.6. The van der Waals surface area contributed by atoms with E-state index in [0.29, 0.717) is 0 Å². The van der Waals surface area contributed by atoms with Gasteiger partial charge in [0.1, 0.15) is 0 Å². The third-order valence-electron chi connectivity index (χ3n) is 5.71. The number of anilines is 1. The number of hydrogen-bond donors (Lipinski definition) is 2. The summed E-state index contributed by atoms with van der Waals surface area (Å²) in [7, 11) is 0. The SMILES string of the molecule is CCCCCCCCC/C=C/CCCNc1ccc(C(=O)OC(C(=O)OCC)C(O)C(=O)OCC)cc1. The maximum Gasteiger partial charge on any atom is 0.350 e. The summed E-state index contributed by atoms with van der Waals surface area (Å²) in [6, 6.07) is 6.56. The molecule has 2 atom stereocenters. The normalized spacial score (nSPS) is 12.6. The molecule has 0 spiro atoms. The number of carbonyl (C=O) groups excluding carboxylic acids is 3. The summed E-state index contributed by atoms with van der Waals surface area (Å²) in [4.78, 5) is 36.5. The molecule has 0 fully saturated rings. The second-order valence-electron chi connectivity index (χ2n) is 8.80. The zero-order valence-corrected chi connectivity index (χ0v) is 22.7. The number of ether oxygens (including phenoxy) is 3. The summed E-state index contributed by atoms with van der Waals surface area (Å²) in [6.45, 7) is 6.15. The molecular formula is C29H45NO7. The number of aliphatic hydroxyl groups is 1. The van der Waals surface area contributed by atoms with Gasteiger partial charge >= 0.3 is 17.9 Å². The van der Waals surface area contributed by atoms with E-state index in [1.165, 1.54) is 44.9 Å². The molecule has 0 aromatic heterocycles. The average molecular weight is 520 g/mol. The molecule has 8 nitrogen and oxygen atoms in total. The van der Waals surface area contributed by atoms with Gasteiger partial charge in [0.15, 0.2) is 6.10 Å². The summed E-state index contributed by atoms with van der Waals surface area (Å²) in [5, 5.41) is 13.4. The summed E-state index contributed by atoms with van der Waals surface area (Å²) in [5.74, 6) is -2.95. The molecule has 0 saturated heterocycles. The van der Waals surface area contributed by atoms with Crippen LogP contribution in [0.2, 0.25) is 0 Å². The fourth-order valence-corrected chi connectivity index (χ4v) is 3.63. The lowest BCUT2D eigenvalue weighted by atomic mass is 10.1. The smallest absolute Gasteiger partial charge is 0.350 e. The maximum absolute atomic E-state index is 12.5. The molecule has 0 bridgehead atoms. The molecule has 0 heterocycles. The molecule has 37 heavy (non-hydrogen) atoms. The number of carbonyl (C=O) groups is 3. The Kier molecular flexibility index (Phi) is 17.6. The van der Waals surface area contributed by atoms with Crippen LogP contribution in [0, 0.1) is 0 Å². The second kappa shape index (κ2) is 20.2. The van der Waals surface area contributed by atoms with Crippen LogP contribution in [-0.4, -0.2) is 55.0 Å². The van der Waals surface area contributed by atoms with Crippen LogP contribution in [0.25, 0.3) is 0 Å². The average Bonchev–Trinajstić information content (AvgIpc) is 2.90. The Balaban J connectivity index is 2.39. The molecule has 0 aliphatic heterocycles. The Morgan fingerprint density at radius 2 is 1.38 bits per heavy atom. The van der Waals surface area contributed by atoms with E-state index in [-0.39, 0.29) is 18.8 Å². The van der Waals surface area contributed by atoms with Crippen LogP contribution in [-0.2, 0) is 23.8 Å². The van der Waals surface area contributed by atoms with Gasteiger partial charge in [0.05, 0.1) is 18.8 Å². The van der Waals surface area contributed by atoms with Crippen molar-refractivity contribution in [2.75, 3.05) is 25.1 Å². The lowest BCUT2D eigenvalue weighted by Gasteiger charge is -2.20. The van der Waals surface area contributed by atoms with Crippen LogP contribution in [0.1, 0.15) is 95.3 Å². The lowest BCUT2D eigenvalue weighted by Crippen LogP contribution is -2.44. The van der Waals surface area contributed by atoms with E-state index in [1.807, 2.05) is 0 Å². The Bertz CT molecular complexity index is 807. The predicted molar refractivity (Wildman–Crippen MR) is 144 cm³/mol. The lowest BCUT2D eigenvalue weighted by molar-refractivity contribution is -0.172. The Hall–Kier alpha value is -2.87. The highest BCUT2D eigenvalue weighted by molar-refractivity contribution is 5.93. The predicted octanol–water partition coefficient (Wildman–Crippen LogP) is 5.59. The maximum atomic E-state index is 12.5. The van der Waals surface area contributed by atoms with E-state index in [2.05, 4.69) is 24.4 Å². The first kappa shape index (κ1) is 32.2. The third kappa shape index (κ3) is 13.9. The summed E-state index contributed by atoms with van der Waals surface area (Å²) in [6.07, 6.45) is 13.1. The third-order valence-corrected chi connectivity index (χ3v) is 5.71. The Morgan fingerprint density at radius 1 is 0.811 bits per heavy atom. The molecule has 1 rings (SSSR count). The summed E-state index contributed by atoms with van der Waals surface area (Å²) >= 11 is 0. The highest BCUT2D eigenvalue weighted by Gasteiger charge is 2.38. The quantitative estimate of drug-likeness (QED) is 0.0993. The molecule has 0 radical (unpaired) electrons. The van der Waals surface area contributed by atoms with Crippen molar-refractivity contribution in [3.63, 3.8) is 0 Å². The van der Waals surface area contributed by atoms with Crippen molar-refractivity contribution in [2.24, 2.45) is 0 Å². The van der Waals surface area contributed by atoms with E-state index in [1.54, 1.807) is 38.1 Å². The van der Waals surface area contributed by atoms with Gasteiger partial charge in [-0.15, -0.1) is 0 Å². The van der Waals surface area contributed by atoms with Gasteiger partial charge in [-0.2, -0.15) is 0 Å². The number of hydrogen-bond acceptors (Lipinski definition) is 8. The van der Waals surface area contributed by atoms with Crippen LogP contribution in [0.3, 0.4) is 0 Å². The number of nitrogens with one attached hydrogen (secondary N) is 1. The van der Waals surface area contributed by atoms with Crippen molar-refractivity contribution in [1.82, 2.24) is 0 Å². The van der Waals surface area contributed by atoms with Gasteiger partial charge in [0.25, 0.3) is 0 Å². The molecule has 2 unspecified atom stereocenters. The van der Waals surface area contributed by atoms with E-state index in [4.69, 9.17) is 14.2 Å². The number of unbranched alkanes of at least 4 members (excludes halogenated alkanes) is 8. The minimum Gasteiger partial charge on any atom is -0.464 e. The minimum absolute atomic E-state index is 0.00220. The molecule has 1 aromatic rings. The molecular weight excluding hydrogens is 474 g/mol. The topological polar surface area (TPSA) is 111 Å². The summed E-state index contributed by atoms with van der Waals surface area (Å²) in [5.41, 5.74) is 1.02. The van der Waals surface area contributed by atoms with Crippen molar-refractivity contribution < 1.29 is 33.7 Å². The van der Waals surface area contributed by atoms with E-state index in [9.17, 15) is 19.5 Å². The molecule has 0 saturated carbocycles. The number of rotatable bonds is 20. The monoisotopic (exact) mass is 519 g/mol. The molecule has 208 valence electrons. The van der Waals surface area contributed by atoms with E-state index in [0.717, 1.165) is 31.5 Å². The van der Waals surface area contributed by atoms with E-state index >= 15 is 0 Å². The van der Waals surface area contributed by atoms with Crippen molar-refractivity contribution in [3.8, 4) is 0 Å². The van der Waals surface area contributed by atoms with Crippen molar-refractivity contribution in [3.05, 3.63) is 42.0 Å². The van der Waals surface area contributed by atoms with Gasteiger partial charge in [0.2, 0.25) is 6.10 Å². The highest BCUT2D eigenvalue weighted by atomic mass is 16.6. The first-order chi connectivity index (χ1) is 17.9. The standard InChI is InChI=1S/C29H45NO7/c1-4-7-8-9-10-11-12-13-14-15-16-17-22-30-24-20-18-23(19-21-24)27(32)37-26(29(34)36-6-3)25(31)28(33)35-5-2/h14-15,18-21,25-26,30-31H,4-13,16-17,22H2,1-3H3/b15-14+. The van der Waals surface area contributed by atoms with Crippen LogP contribution in [0.4, 0.5) is 5.69 Å². The molecule has 1 aromatic carbocycles. The van der Waals surface area contributed by atoms with Gasteiger partial charge in [-0.3, -0.25) is 0 Å². The number of esters is 3. The van der Waals surface area contributed by atoms with Crippen molar-refractivity contribution >= 4 is 23.6 Å². The molecule has 0 amide bonds. The zero-order chi connectivity index (χ0) is 27.3. The molecule has 0 aliphatic carbocycles. The Morgan fingerprint density at radius 3 is 2.00 bits per heavy atom. The van der Waals surface area contributed by atoms with Crippen LogP contribution in [0.5, 0.6) is 0 Å². The van der Waals surface area contributed by atoms with Gasteiger partial charge in [-0.25, -0.2) is 14.4 Å². The van der Waals surface area contributed by atoms with Crippen molar-refractivity contribution in [1.29, 1.82) is 0 Å². The van der Waals surface area contributed by atoms with Crippen molar-refractivity contribution in [2.45, 2.75) is 97.2 Å². The number of allylic oxidation sites excluding steroid dienone is 2. The molecule has 8 heteroatoms. The van der Waals surface area contributed by atoms with Gasteiger partial charge in [-0.05, 0) is 63.8 Å². The fraction of sp³-hybridized carbons (Fsp3) is 0.621. The van der Waals surface area contributed by atoms with Gasteiger partial charge in [-0.1, -0.05) is 57.6 Å². The second-order valence-corrected chi connectivity index (χ2v) is 8.80. The van der Waals surface area contributed by atoms with Gasteiger partial charge in [0, 0.05) is 12.2 Å². The zero-order valence-electron chi connectivity index (χ0n) is 22.7.